The average Bonchev–Trinajstić information content (AvgIpc) is 3.27. The quantitative estimate of drug-likeness (QED) is 0.807. The first-order valence-electron chi connectivity index (χ1n) is 6.74. The van der Waals surface area contributed by atoms with Gasteiger partial charge in [0.25, 0.3) is 0 Å². The second-order valence-electron chi connectivity index (χ2n) is 5.05. The Balaban J connectivity index is 2.05. The highest BCUT2D eigenvalue weighted by molar-refractivity contribution is 5.74. The van der Waals surface area contributed by atoms with Gasteiger partial charge in [-0.25, -0.2) is 4.79 Å². The Kier molecular flexibility index (Phi) is 4.46. The first-order chi connectivity index (χ1) is 9.22. The number of nitrogens with one attached hydrogen (secondary N) is 1. The Morgan fingerprint density at radius 1 is 1.47 bits per heavy atom. The molecule has 1 aliphatic carbocycles. The molecular formula is C16H20N2O. The Bertz CT molecular complexity index is 459. The van der Waals surface area contributed by atoms with Crippen molar-refractivity contribution in [1.82, 2.24) is 10.2 Å². The van der Waals surface area contributed by atoms with E-state index in [-0.39, 0.29) is 18.6 Å². The minimum Gasteiger partial charge on any atom is -0.327 e. The third-order valence-corrected chi connectivity index (χ3v) is 3.59. The van der Waals surface area contributed by atoms with Gasteiger partial charge in [-0.1, -0.05) is 36.3 Å². The Morgan fingerprint density at radius 2 is 2.16 bits per heavy atom. The maximum atomic E-state index is 12.2. The van der Waals surface area contributed by atoms with Crippen molar-refractivity contribution in [1.29, 1.82) is 0 Å². The first-order valence-corrected chi connectivity index (χ1v) is 6.74. The van der Waals surface area contributed by atoms with E-state index >= 15 is 0 Å². The molecule has 0 bridgehead atoms. The van der Waals surface area contributed by atoms with Gasteiger partial charge in [0.2, 0.25) is 0 Å². The van der Waals surface area contributed by atoms with Gasteiger partial charge < -0.3 is 10.2 Å². The molecule has 0 radical (unpaired) electrons. The van der Waals surface area contributed by atoms with Crippen molar-refractivity contribution in [3.63, 3.8) is 0 Å². The maximum absolute atomic E-state index is 12.2. The molecule has 1 fully saturated rings. The zero-order valence-corrected chi connectivity index (χ0v) is 11.3. The molecule has 1 aliphatic rings. The summed E-state index contributed by atoms with van der Waals surface area (Å²) < 4.78 is 0. The number of urea groups is 1. The molecule has 3 nitrogen and oxygen atoms in total. The molecule has 1 atom stereocenters. The number of hydrogen-bond acceptors (Lipinski definition) is 1. The second-order valence-corrected chi connectivity index (χ2v) is 5.05. The molecule has 1 aromatic carbocycles. The molecule has 3 heteroatoms. The van der Waals surface area contributed by atoms with Crippen molar-refractivity contribution in [3.8, 4) is 12.3 Å². The monoisotopic (exact) mass is 256 g/mol. The molecule has 0 spiro atoms. The van der Waals surface area contributed by atoms with E-state index in [1.807, 2.05) is 35.2 Å². The van der Waals surface area contributed by atoms with Crippen LogP contribution in [0.1, 0.15) is 25.3 Å². The maximum Gasteiger partial charge on any atom is 0.318 e. The van der Waals surface area contributed by atoms with Crippen LogP contribution in [0, 0.1) is 18.3 Å². The summed E-state index contributed by atoms with van der Waals surface area (Å²) in [6.45, 7) is 3.03. The number of terminal acetylenes is 1. The lowest BCUT2D eigenvalue weighted by Gasteiger charge is -2.29. The van der Waals surface area contributed by atoms with Crippen LogP contribution in [0.3, 0.4) is 0 Å². The lowest BCUT2D eigenvalue weighted by molar-refractivity contribution is 0.168. The van der Waals surface area contributed by atoms with Crippen LogP contribution in [0.2, 0.25) is 0 Å². The summed E-state index contributed by atoms with van der Waals surface area (Å²) in [5.74, 6) is 3.08. The van der Waals surface area contributed by atoms with Gasteiger partial charge in [0.15, 0.2) is 0 Å². The SMILES string of the molecule is C#CCNC(=O)N(Cc1ccccc1)[C@H](C)C1CC1. The highest BCUT2D eigenvalue weighted by atomic mass is 16.2. The summed E-state index contributed by atoms with van der Waals surface area (Å²) in [4.78, 5) is 14.1. The summed E-state index contributed by atoms with van der Waals surface area (Å²) in [7, 11) is 0. The molecule has 1 saturated carbocycles. The third kappa shape index (κ3) is 3.75. The van der Waals surface area contributed by atoms with Crippen LogP contribution in [0.25, 0.3) is 0 Å². The lowest BCUT2D eigenvalue weighted by atomic mass is 10.1. The van der Waals surface area contributed by atoms with Gasteiger partial charge in [-0.15, -0.1) is 6.42 Å². The molecule has 0 aromatic heterocycles. The van der Waals surface area contributed by atoms with Crippen LogP contribution >= 0.6 is 0 Å². The van der Waals surface area contributed by atoms with Gasteiger partial charge in [0.05, 0.1) is 6.54 Å². The van der Waals surface area contributed by atoms with E-state index in [0.717, 1.165) is 5.56 Å². The van der Waals surface area contributed by atoms with Crippen molar-refractivity contribution in [3.05, 3.63) is 35.9 Å². The van der Waals surface area contributed by atoms with Crippen LogP contribution in [-0.2, 0) is 6.54 Å². The number of amides is 2. The molecule has 0 heterocycles. The molecule has 100 valence electrons. The number of benzene rings is 1. The molecule has 0 unspecified atom stereocenters. The molecule has 1 aromatic rings. The topological polar surface area (TPSA) is 32.3 Å². The van der Waals surface area contributed by atoms with Crippen LogP contribution in [0.4, 0.5) is 4.79 Å². The fourth-order valence-electron chi connectivity index (χ4n) is 2.24. The van der Waals surface area contributed by atoms with Crippen LogP contribution in [-0.4, -0.2) is 23.5 Å². The van der Waals surface area contributed by atoms with E-state index in [2.05, 4.69) is 18.2 Å². The number of carbonyl (C=O) groups excluding carboxylic acids is 1. The second kappa shape index (κ2) is 6.29. The van der Waals surface area contributed by atoms with Crippen molar-refractivity contribution in [2.24, 2.45) is 5.92 Å². The summed E-state index contributed by atoms with van der Waals surface area (Å²) in [6.07, 6.45) is 7.63. The fourth-order valence-corrected chi connectivity index (χ4v) is 2.24. The molecule has 0 saturated heterocycles. The normalized spacial score (nSPS) is 15.4. The standard InChI is InChI=1S/C16H20N2O/c1-3-11-17-16(19)18(13(2)15-9-10-15)12-14-7-5-4-6-8-14/h1,4-8,13,15H,9-12H2,2H3,(H,17,19)/t13-/m1/s1. The lowest BCUT2D eigenvalue weighted by Crippen LogP contribution is -2.45. The summed E-state index contributed by atoms with van der Waals surface area (Å²) in [6, 6.07) is 10.3. The van der Waals surface area contributed by atoms with Gasteiger partial charge in [-0.05, 0) is 31.2 Å². The molecule has 2 amide bonds. The molecule has 1 N–H and O–H groups in total. The first kappa shape index (κ1) is 13.5. The third-order valence-electron chi connectivity index (χ3n) is 3.59. The van der Waals surface area contributed by atoms with E-state index < -0.39 is 0 Å². The zero-order chi connectivity index (χ0) is 13.7. The minimum absolute atomic E-state index is 0.0683. The van der Waals surface area contributed by atoms with E-state index in [1.54, 1.807) is 0 Å². The van der Waals surface area contributed by atoms with Gasteiger partial charge in [-0.2, -0.15) is 0 Å². The highest BCUT2D eigenvalue weighted by Crippen LogP contribution is 2.35. The van der Waals surface area contributed by atoms with Crippen LogP contribution < -0.4 is 5.32 Å². The fraction of sp³-hybridized carbons (Fsp3) is 0.438. The average molecular weight is 256 g/mol. The minimum atomic E-state index is -0.0683. The molecular weight excluding hydrogens is 236 g/mol. The van der Waals surface area contributed by atoms with E-state index in [1.165, 1.54) is 12.8 Å². The van der Waals surface area contributed by atoms with Crippen molar-refractivity contribution < 1.29 is 4.79 Å². The predicted molar refractivity (Wildman–Crippen MR) is 76.4 cm³/mol. The van der Waals surface area contributed by atoms with Gasteiger partial charge in [0.1, 0.15) is 0 Å². The molecule has 2 rings (SSSR count). The van der Waals surface area contributed by atoms with E-state index in [9.17, 15) is 4.79 Å². The van der Waals surface area contributed by atoms with Gasteiger partial charge in [0, 0.05) is 12.6 Å². The Hall–Kier alpha value is -1.95. The highest BCUT2D eigenvalue weighted by Gasteiger charge is 2.34. The number of rotatable bonds is 5. The van der Waals surface area contributed by atoms with Crippen LogP contribution in [0.15, 0.2) is 30.3 Å². The summed E-state index contributed by atoms with van der Waals surface area (Å²) >= 11 is 0. The van der Waals surface area contributed by atoms with Crippen molar-refractivity contribution >= 4 is 6.03 Å². The number of hydrogen-bond donors (Lipinski definition) is 1. The number of nitrogens with zero attached hydrogens (tertiary/aromatic N) is 1. The van der Waals surface area contributed by atoms with Gasteiger partial charge >= 0.3 is 6.03 Å². The molecule has 19 heavy (non-hydrogen) atoms. The van der Waals surface area contributed by atoms with Crippen molar-refractivity contribution in [2.45, 2.75) is 32.4 Å². The van der Waals surface area contributed by atoms with E-state index in [4.69, 9.17) is 6.42 Å². The number of carbonyl (C=O) groups is 1. The largest absolute Gasteiger partial charge is 0.327 e. The van der Waals surface area contributed by atoms with Crippen molar-refractivity contribution in [2.75, 3.05) is 6.54 Å². The Morgan fingerprint density at radius 3 is 2.74 bits per heavy atom. The summed E-state index contributed by atoms with van der Waals surface area (Å²) in [5.41, 5.74) is 1.14. The Labute approximate surface area is 115 Å². The van der Waals surface area contributed by atoms with E-state index in [0.29, 0.717) is 12.5 Å². The smallest absolute Gasteiger partial charge is 0.318 e. The van der Waals surface area contributed by atoms with Gasteiger partial charge in [-0.3, -0.25) is 0 Å². The summed E-state index contributed by atoms with van der Waals surface area (Å²) in [5, 5.41) is 2.77. The zero-order valence-electron chi connectivity index (χ0n) is 11.3. The molecule has 0 aliphatic heterocycles. The van der Waals surface area contributed by atoms with Crippen LogP contribution in [0.5, 0.6) is 0 Å². The predicted octanol–water partition coefficient (Wildman–Crippen LogP) is 2.63.